The summed E-state index contributed by atoms with van der Waals surface area (Å²) in [5, 5.41) is 39.8. The number of carboxylic acid groups (broad SMARTS) is 1. The molecule has 0 spiro atoms. The Labute approximate surface area is 156 Å². The van der Waals surface area contributed by atoms with E-state index in [0.29, 0.717) is 5.56 Å². The Bertz CT molecular complexity index is 862. The molecule has 0 radical (unpaired) electrons. The lowest BCUT2D eigenvalue weighted by Crippen LogP contribution is -2.37. The van der Waals surface area contributed by atoms with Crippen molar-refractivity contribution in [2.45, 2.75) is 12.3 Å². The van der Waals surface area contributed by atoms with Gasteiger partial charge in [-0.15, -0.1) is 0 Å². The normalized spacial score (nSPS) is 21.4. The predicted octanol–water partition coefficient (Wildman–Crippen LogP) is 2.11. The number of rotatable bonds is 5. The van der Waals surface area contributed by atoms with Gasteiger partial charge < -0.3 is 29.9 Å². The molecule has 0 bridgehead atoms. The van der Waals surface area contributed by atoms with Gasteiger partial charge in [-0.2, -0.15) is 0 Å². The zero-order chi connectivity index (χ0) is 19.7. The molecule has 0 heterocycles. The highest BCUT2D eigenvalue weighted by Gasteiger charge is 2.41. The van der Waals surface area contributed by atoms with E-state index in [1.54, 1.807) is 24.3 Å². The number of carboxylic acids is 1. The van der Waals surface area contributed by atoms with E-state index in [2.05, 4.69) is 0 Å². The summed E-state index contributed by atoms with van der Waals surface area (Å²) in [4.78, 5) is 11.9. The molecule has 0 saturated heterocycles. The molecule has 1 aliphatic carbocycles. The van der Waals surface area contributed by atoms with Crippen molar-refractivity contribution >= 4 is 5.97 Å². The number of aliphatic hydroxyl groups is 1. The van der Waals surface area contributed by atoms with Crippen molar-refractivity contribution in [3.8, 4) is 23.0 Å². The molecular weight excluding hydrogens is 352 g/mol. The fourth-order valence-corrected chi connectivity index (χ4v) is 3.93. The van der Waals surface area contributed by atoms with Crippen LogP contribution in [0.25, 0.3) is 0 Å². The van der Waals surface area contributed by atoms with Crippen LogP contribution in [0, 0.1) is 11.8 Å². The summed E-state index contributed by atoms with van der Waals surface area (Å²) in [5.41, 5.74) is 2.14. The summed E-state index contributed by atoms with van der Waals surface area (Å²) in [7, 11) is 2.85. The first-order chi connectivity index (χ1) is 12.9. The number of phenols is 2. The third-order valence-electron chi connectivity index (χ3n) is 5.25. The quantitative estimate of drug-likeness (QED) is 0.633. The van der Waals surface area contributed by atoms with Gasteiger partial charge in [0.25, 0.3) is 0 Å². The van der Waals surface area contributed by atoms with E-state index < -0.39 is 23.7 Å². The van der Waals surface area contributed by atoms with Gasteiger partial charge in [0.05, 0.1) is 20.1 Å². The van der Waals surface area contributed by atoms with Crippen molar-refractivity contribution in [1.29, 1.82) is 0 Å². The van der Waals surface area contributed by atoms with Gasteiger partial charge in [0, 0.05) is 18.4 Å². The number of carbonyl (C=O) groups is 1. The molecule has 0 aliphatic heterocycles. The minimum Gasteiger partial charge on any atom is -0.504 e. The number of aliphatic carboxylic acids is 1. The van der Waals surface area contributed by atoms with Gasteiger partial charge in [-0.25, -0.2) is 0 Å². The standard InChI is InChI=1S/C20H22O7/c1-26-17-6-10(3-4-15(17)22)19-12-8-16(23)18(27-2)7-11(12)5-13(20(24)25)14(19)9-21/h3-4,6-8,13-14,19,21-23H,5,9H2,1-2H3,(H,24,25). The summed E-state index contributed by atoms with van der Waals surface area (Å²) < 4.78 is 10.3. The third kappa shape index (κ3) is 3.26. The summed E-state index contributed by atoms with van der Waals surface area (Å²) in [6, 6.07) is 7.95. The second kappa shape index (κ2) is 7.36. The maximum absolute atomic E-state index is 11.9. The molecule has 4 N–H and O–H groups in total. The molecule has 2 aromatic carbocycles. The van der Waals surface area contributed by atoms with Gasteiger partial charge in [-0.1, -0.05) is 6.07 Å². The molecule has 27 heavy (non-hydrogen) atoms. The van der Waals surface area contributed by atoms with Crippen LogP contribution in [0.15, 0.2) is 30.3 Å². The number of aromatic hydroxyl groups is 2. The lowest BCUT2D eigenvalue weighted by Gasteiger charge is -2.37. The maximum Gasteiger partial charge on any atom is 0.307 e. The van der Waals surface area contributed by atoms with Crippen LogP contribution < -0.4 is 9.47 Å². The van der Waals surface area contributed by atoms with E-state index in [-0.39, 0.29) is 36.0 Å². The molecule has 2 aromatic rings. The van der Waals surface area contributed by atoms with Crippen LogP contribution in [0.2, 0.25) is 0 Å². The summed E-state index contributed by atoms with van der Waals surface area (Å²) >= 11 is 0. The number of hydrogen-bond donors (Lipinski definition) is 4. The van der Waals surface area contributed by atoms with Crippen molar-refractivity contribution in [2.75, 3.05) is 20.8 Å². The van der Waals surface area contributed by atoms with Crippen molar-refractivity contribution in [1.82, 2.24) is 0 Å². The van der Waals surface area contributed by atoms with Crippen LogP contribution in [0.4, 0.5) is 0 Å². The van der Waals surface area contributed by atoms with Gasteiger partial charge in [-0.05, 0) is 47.4 Å². The average Bonchev–Trinajstić information content (AvgIpc) is 2.66. The third-order valence-corrected chi connectivity index (χ3v) is 5.25. The van der Waals surface area contributed by atoms with E-state index in [1.165, 1.54) is 20.3 Å². The molecule has 3 unspecified atom stereocenters. The number of benzene rings is 2. The largest absolute Gasteiger partial charge is 0.504 e. The molecule has 0 amide bonds. The molecule has 0 fully saturated rings. The molecule has 7 heteroatoms. The fourth-order valence-electron chi connectivity index (χ4n) is 3.93. The zero-order valence-corrected chi connectivity index (χ0v) is 15.0. The van der Waals surface area contributed by atoms with Gasteiger partial charge in [0.15, 0.2) is 23.0 Å². The topological polar surface area (TPSA) is 116 Å². The van der Waals surface area contributed by atoms with Gasteiger partial charge in [-0.3, -0.25) is 4.79 Å². The molecule has 0 saturated carbocycles. The summed E-state index contributed by atoms with van der Waals surface area (Å²) in [6.07, 6.45) is 0.220. The number of methoxy groups -OCH3 is 2. The first-order valence-corrected chi connectivity index (χ1v) is 8.51. The SMILES string of the molecule is COc1cc(C2c3cc(O)c(OC)cc3CC(C(=O)O)C2CO)ccc1O. The van der Waals surface area contributed by atoms with Gasteiger partial charge in [0.2, 0.25) is 0 Å². The monoisotopic (exact) mass is 374 g/mol. The fraction of sp³-hybridized carbons (Fsp3) is 0.350. The molecule has 0 aromatic heterocycles. The van der Waals surface area contributed by atoms with Crippen LogP contribution in [0.5, 0.6) is 23.0 Å². The van der Waals surface area contributed by atoms with Crippen LogP contribution in [-0.4, -0.2) is 47.2 Å². The van der Waals surface area contributed by atoms with Crippen LogP contribution in [0.1, 0.15) is 22.6 Å². The number of aliphatic hydroxyl groups excluding tert-OH is 1. The second-order valence-corrected chi connectivity index (χ2v) is 6.63. The van der Waals surface area contributed by atoms with E-state index in [9.17, 15) is 25.2 Å². The Balaban J connectivity index is 2.22. The van der Waals surface area contributed by atoms with Gasteiger partial charge >= 0.3 is 5.97 Å². The first kappa shape index (κ1) is 18.8. The molecule has 3 rings (SSSR count). The molecule has 7 nitrogen and oxygen atoms in total. The molecule has 144 valence electrons. The minimum absolute atomic E-state index is 0.0369. The maximum atomic E-state index is 11.9. The highest BCUT2D eigenvalue weighted by molar-refractivity contribution is 5.72. The molecule has 3 atom stereocenters. The summed E-state index contributed by atoms with van der Waals surface area (Å²) in [5.74, 6) is -2.47. The van der Waals surface area contributed by atoms with Crippen LogP contribution in [-0.2, 0) is 11.2 Å². The van der Waals surface area contributed by atoms with Crippen molar-refractivity contribution in [3.05, 3.63) is 47.0 Å². The van der Waals surface area contributed by atoms with E-state index >= 15 is 0 Å². The second-order valence-electron chi connectivity index (χ2n) is 6.63. The zero-order valence-electron chi connectivity index (χ0n) is 15.0. The van der Waals surface area contributed by atoms with Crippen LogP contribution in [0.3, 0.4) is 0 Å². The van der Waals surface area contributed by atoms with E-state index in [4.69, 9.17) is 9.47 Å². The molecule has 1 aliphatic rings. The number of fused-ring (bicyclic) bond motifs is 1. The van der Waals surface area contributed by atoms with Crippen molar-refractivity contribution in [3.63, 3.8) is 0 Å². The lowest BCUT2D eigenvalue weighted by atomic mass is 9.66. The number of hydrogen-bond acceptors (Lipinski definition) is 6. The summed E-state index contributed by atoms with van der Waals surface area (Å²) in [6.45, 7) is -0.336. The first-order valence-electron chi connectivity index (χ1n) is 8.51. The number of phenolic OH excluding ortho intramolecular Hbond substituents is 2. The van der Waals surface area contributed by atoms with E-state index in [0.717, 1.165) is 11.1 Å². The Kier molecular flexibility index (Phi) is 5.14. The van der Waals surface area contributed by atoms with Crippen molar-refractivity contribution < 1.29 is 34.7 Å². The Morgan fingerprint density at radius 3 is 2.33 bits per heavy atom. The highest BCUT2D eigenvalue weighted by Crippen LogP contribution is 2.47. The predicted molar refractivity (Wildman–Crippen MR) is 96.6 cm³/mol. The Morgan fingerprint density at radius 1 is 1.07 bits per heavy atom. The van der Waals surface area contributed by atoms with Gasteiger partial charge in [0.1, 0.15) is 0 Å². The molecular formula is C20H22O7. The Hall–Kier alpha value is -2.93. The number of ether oxygens (including phenoxy) is 2. The van der Waals surface area contributed by atoms with E-state index in [1.807, 2.05) is 0 Å². The smallest absolute Gasteiger partial charge is 0.307 e. The Morgan fingerprint density at radius 2 is 1.74 bits per heavy atom. The average molecular weight is 374 g/mol. The lowest BCUT2D eigenvalue weighted by molar-refractivity contribution is -0.144. The van der Waals surface area contributed by atoms with Crippen molar-refractivity contribution in [2.24, 2.45) is 11.8 Å². The highest BCUT2D eigenvalue weighted by atomic mass is 16.5. The van der Waals surface area contributed by atoms with Crippen LogP contribution >= 0.6 is 0 Å². The minimum atomic E-state index is -0.998.